The number of amides is 1. The van der Waals surface area contributed by atoms with Crippen molar-refractivity contribution in [2.24, 2.45) is 11.8 Å². The van der Waals surface area contributed by atoms with Gasteiger partial charge in [-0.1, -0.05) is 91.0 Å². The van der Waals surface area contributed by atoms with Gasteiger partial charge < -0.3 is 10.4 Å². The lowest BCUT2D eigenvalue weighted by atomic mass is 9.85. The average molecular weight is 413 g/mol. The van der Waals surface area contributed by atoms with Gasteiger partial charge in [0.15, 0.2) is 5.60 Å². The summed E-state index contributed by atoms with van der Waals surface area (Å²) in [6.45, 7) is 4.19. The molecule has 2 N–H and O–H groups in total. The van der Waals surface area contributed by atoms with Gasteiger partial charge in [0.1, 0.15) is 0 Å². The zero-order chi connectivity index (χ0) is 21.4. The Morgan fingerprint density at radius 2 is 1.32 bits per heavy atom. The van der Waals surface area contributed by atoms with Crippen LogP contribution in [0.5, 0.6) is 0 Å². The van der Waals surface area contributed by atoms with Gasteiger partial charge in [0.2, 0.25) is 0 Å². The number of nitrogens with zero attached hydrogens (tertiary/aromatic N) is 1. The van der Waals surface area contributed by atoms with Crippen molar-refractivity contribution < 1.29 is 9.90 Å². The molecule has 1 amide bonds. The number of hydrogen-bond acceptors (Lipinski definition) is 3. The van der Waals surface area contributed by atoms with E-state index in [1.54, 1.807) is 0 Å². The Kier molecular flexibility index (Phi) is 5.12. The minimum Gasteiger partial charge on any atom is -0.372 e. The van der Waals surface area contributed by atoms with Crippen LogP contribution in [0.2, 0.25) is 0 Å². The third-order valence-corrected chi connectivity index (χ3v) is 7.06. The van der Waals surface area contributed by atoms with Crippen molar-refractivity contribution in [2.75, 3.05) is 13.1 Å². The molecule has 4 nitrogen and oxygen atoms in total. The van der Waals surface area contributed by atoms with E-state index >= 15 is 0 Å². The number of aliphatic hydroxyl groups is 1. The van der Waals surface area contributed by atoms with Crippen LogP contribution in [0.25, 0.3) is 0 Å². The number of carbonyl (C=O) groups is 1. The second kappa shape index (κ2) is 7.95. The van der Waals surface area contributed by atoms with Gasteiger partial charge in [0, 0.05) is 25.2 Å². The van der Waals surface area contributed by atoms with Gasteiger partial charge >= 0.3 is 0 Å². The topological polar surface area (TPSA) is 52.6 Å². The molecule has 31 heavy (non-hydrogen) atoms. The molecule has 3 aromatic rings. The molecule has 0 aromatic heterocycles. The highest BCUT2D eigenvalue weighted by Crippen LogP contribution is 2.48. The molecular weight excluding hydrogens is 384 g/mol. The lowest BCUT2D eigenvalue weighted by molar-refractivity contribution is -0.137. The fourth-order valence-electron chi connectivity index (χ4n) is 5.08. The molecule has 2 fully saturated rings. The Morgan fingerprint density at radius 3 is 1.81 bits per heavy atom. The molecule has 0 bridgehead atoms. The quantitative estimate of drug-likeness (QED) is 0.649. The van der Waals surface area contributed by atoms with Crippen LogP contribution in [0.4, 0.5) is 0 Å². The SMILES string of the molecule is CC(c1ccccc1)N1C[C@@H]2C(NC(=O)C(O)(c3ccccc3)c3ccccc3)[C@@H]2C1. The molecule has 1 aliphatic heterocycles. The van der Waals surface area contributed by atoms with Crippen LogP contribution >= 0.6 is 0 Å². The maximum atomic E-state index is 13.4. The van der Waals surface area contributed by atoms with Crippen LogP contribution < -0.4 is 5.32 Å². The third-order valence-electron chi connectivity index (χ3n) is 7.06. The van der Waals surface area contributed by atoms with Gasteiger partial charge in [-0.25, -0.2) is 0 Å². The minimum absolute atomic E-state index is 0.130. The molecule has 0 radical (unpaired) electrons. The van der Waals surface area contributed by atoms with Crippen molar-refractivity contribution in [3.63, 3.8) is 0 Å². The van der Waals surface area contributed by atoms with E-state index in [1.165, 1.54) is 5.56 Å². The summed E-state index contributed by atoms with van der Waals surface area (Å²) in [6.07, 6.45) is 0. The lowest BCUT2D eigenvalue weighted by Crippen LogP contribution is -2.48. The van der Waals surface area contributed by atoms with E-state index < -0.39 is 5.60 Å². The molecule has 158 valence electrons. The van der Waals surface area contributed by atoms with E-state index in [2.05, 4.69) is 41.4 Å². The van der Waals surface area contributed by atoms with Crippen molar-refractivity contribution in [2.45, 2.75) is 24.6 Å². The van der Waals surface area contributed by atoms with E-state index in [-0.39, 0.29) is 11.9 Å². The first-order valence-corrected chi connectivity index (χ1v) is 11.0. The Bertz CT molecular complexity index is 987. The second-order valence-electron chi connectivity index (χ2n) is 8.81. The Balaban J connectivity index is 1.29. The third kappa shape index (κ3) is 3.56. The predicted octanol–water partition coefficient (Wildman–Crippen LogP) is 3.73. The van der Waals surface area contributed by atoms with Crippen molar-refractivity contribution in [3.8, 4) is 0 Å². The lowest BCUT2D eigenvalue weighted by Gasteiger charge is -2.30. The monoisotopic (exact) mass is 412 g/mol. The molecule has 3 aromatic carbocycles. The van der Waals surface area contributed by atoms with E-state index in [1.807, 2.05) is 66.7 Å². The summed E-state index contributed by atoms with van der Waals surface area (Å²) < 4.78 is 0. The second-order valence-corrected chi connectivity index (χ2v) is 8.81. The first kappa shape index (κ1) is 20.0. The number of likely N-dealkylation sites (tertiary alicyclic amines) is 1. The van der Waals surface area contributed by atoms with E-state index in [0.29, 0.717) is 29.0 Å². The van der Waals surface area contributed by atoms with E-state index in [9.17, 15) is 9.90 Å². The maximum absolute atomic E-state index is 13.4. The molecular formula is C27H28N2O2. The summed E-state index contributed by atoms with van der Waals surface area (Å²) >= 11 is 0. The fourth-order valence-corrected chi connectivity index (χ4v) is 5.08. The predicted molar refractivity (Wildman–Crippen MR) is 121 cm³/mol. The summed E-state index contributed by atoms with van der Waals surface area (Å²) in [4.78, 5) is 15.9. The van der Waals surface area contributed by atoms with Crippen LogP contribution in [-0.2, 0) is 10.4 Å². The molecule has 5 rings (SSSR count). The first-order chi connectivity index (χ1) is 15.1. The Labute approximate surface area is 183 Å². The Hall–Kier alpha value is -2.95. The normalized spacial score (nSPS) is 23.7. The van der Waals surface area contributed by atoms with Crippen molar-refractivity contribution in [1.29, 1.82) is 0 Å². The zero-order valence-corrected chi connectivity index (χ0v) is 17.7. The van der Waals surface area contributed by atoms with Crippen LogP contribution in [0.3, 0.4) is 0 Å². The van der Waals surface area contributed by atoms with Crippen molar-refractivity contribution in [1.82, 2.24) is 10.2 Å². The molecule has 0 spiro atoms. The molecule has 2 unspecified atom stereocenters. The van der Waals surface area contributed by atoms with Gasteiger partial charge in [-0.3, -0.25) is 9.69 Å². The zero-order valence-electron chi connectivity index (χ0n) is 17.7. The Morgan fingerprint density at radius 1 is 0.871 bits per heavy atom. The minimum atomic E-state index is -1.70. The summed E-state index contributed by atoms with van der Waals surface area (Å²) in [6, 6.07) is 29.5. The first-order valence-electron chi connectivity index (χ1n) is 11.0. The molecule has 2 aliphatic rings. The number of nitrogens with one attached hydrogen (secondary N) is 1. The highest BCUT2D eigenvalue weighted by molar-refractivity contribution is 5.90. The van der Waals surface area contributed by atoms with Gasteiger partial charge in [0.05, 0.1) is 0 Å². The summed E-state index contributed by atoms with van der Waals surface area (Å²) in [5.74, 6) is 0.559. The molecule has 1 saturated heterocycles. The van der Waals surface area contributed by atoms with E-state index in [0.717, 1.165) is 13.1 Å². The van der Waals surface area contributed by atoms with Gasteiger partial charge in [-0.05, 0) is 35.4 Å². The number of piperidine rings is 1. The molecule has 4 atom stereocenters. The number of benzene rings is 3. The molecule has 1 aliphatic carbocycles. The average Bonchev–Trinajstić information content (AvgIpc) is 3.26. The molecule has 1 saturated carbocycles. The van der Waals surface area contributed by atoms with Gasteiger partial charge in [-0.15, -0.1) is 0 Å². The van der Waals surface area contributed by atoms with Gasteiger partial charge in [0.25, 0.3) is 5.91 Å². The van der Waals surface area contributed by atoms with Crippen LogP contribution in [-0.4, -0.2) is 35.0 Å². The highest BCUT2D eigenvalue weighted by Gasteiger charge is 2.58. The van der Waals surface area contributed by atoms with Crippen LogP contribution in [0.1, 0.15) is 29.7 Å². The molecule has 1 heterocycles. The summed E-state index contributed by atoms with van der Waals surface area (Å²) in [5, 5.41) is 14.8. The number of fused-ring (bicyclic) bond motifs is 1. The van der Waals surface area contributed by atoms with E-state index in [4.69, 9.17) is 0 Å². The summed E-state index contributed by atoms with van der Waals surface area (Å²) in [5.41, 5.74) is 0.802. The van der Waals surface area contributed by atoms with Crippen molar-refractivity contribution >= 4 is 5.91 Å². The fraction of sp³-hybridized carbons (Fsp3) is 0.296. The number of carbonyl (C=O) groups excluding carboxylic acids is 1. The standard InChI is InChI=1S/C27H28N2O2/c1-19(20-11-5-2-6-12-20)29-17-23-24(18-29)25(23)28-26(30)27(31,21-13-7-3-8-14-21)22-15-9-4-10-16-22/h2-16,19,23-25,31H,17-18H2,1H3,(H,28,30)/t19?,23-,24+,25?. The largest absolute Gasteiger partial charge is 0.372 e. The maximum Gasteiger partial charge on any atom is 0.261 e. The van der Waals surface area contributed by atoms with Gasteiger partial charge in [-0.2, -0.15) is 0 Å². The number of hydrogen-bond donors (Lipinski definition) is 2. The molecule has 4 heteroatoms. The van der Waals surface area contributed by atoms with Crippen LogP contribution in [0.15, 0.2) is 91.0 Å². The highest BCUT2D eigenvalue weighted by atomic mass is 16.3. The van der Waals surface area contributed by atoms with Crippen molar-refractivity contribution in [3.05, 3.63) is 108 Å². The summed E-state index contributed by atoms with van der Waals surface area (Å²) in [7, 11) is 0. The number of rotatable bonds is 6. The smallest absolute Gasteiger partial charge is 0.261 e. The van der Waals surface area contributed by atoms with Crippen LogP contribution in [0, 0.1) is 11.8 Å².